The monoisotopic (exact) mass is 311 g/mol. The molecule has 6 heteroatoms. The molecule has 0 atom stereocenters. The number of hydrogen-bond donors (Lipinski definition) is 3. The van der Waals surface area contributed by atoms with Gasteiger partial charge in [-0.3, -0.25) is 4.79 Å². The predicted molar refractivity (Wildman–Crippen MR) is 83.3 cm³/mol. The van der Waals surface area contributed by atoms with E-state index in [0.29, 0.717) is 17.1 Å². The predicted octanol–water partition coefficient (Wildman–Crippen LogP) is 2.85. The van der Waals surface area contributed by atoms with Crippen molar-refractivity contribution in [3.8, 4) is 17.1 Å². The number of aromatic hydroxyl groups is 1. The molecule has 0 radical (unpaired) electrons. The molecule has 1 heterocycles. The summed E-state index contributed by atoms with van der Waals surface area (Å²) in [4.78, 5) is 19.2. The number of rotatable bonds is 4. The second-order valence-corrected chi connectivity index (χ2v) is 5.00. The number of nitrogens with zero attached hydrogens (tertiary/aromatic N) is 1. The number of imidazole rings is 1. The summed E-state index contributed by atoms with van der Waals surface area (Å²) in [5, 5.41) is 12.0. The first-order chi connectivity index (χ1) is 11.1. The molecule has 0 fully saturated rings. The highest BCUT2D eigenvalue weighted by molar-refractivity contribution is 5.92. The molecule has 0 aliphatic rings. The van der Waals surface area contributed by atoms with Gasteiger partial charge in [-0.2, -0.15) is 0 Å². The van der Waals surface area contributed by atoms with Gasteiger partial charge in [0.05, 0.1) is 6.20 Å². The minimum atomic E-state index is -0.340. The Morgan fingerprint density at radius 2 is 2.00 bits per heavy atom. The van der Waals surface area contributed by atoms with Crippen LogP contribution in [0.2, 0.25) is 0 Å². The number of halogens is 1. The number of carbonyl (C=O) groups is 1. The lowest BCUT2D eigenvalue weighted by molar-refractivity contribution is 0.0946. The van der Waals surface area contributed by atoms with Crippen LogP contribution in [0.25, 0.3) is 11.4 Å². The first-order valence-corrected chi connectivity index (χ1v) is 6.99. The quantitative estimate of drug-likeness (QED) is 0.693. The van der Waals surface area contributed by atoms with Gasteiger partial charge in [-0.05, 0) is 42.0 Å². The minimum Gasteiger partial charge on any atom is -0.508 e. The molecule has 116 valence electrons. The van der Waals surface area contributed by atoms with Crippen molar-refractivity contribution in [3.63, 3.8) is 0 Å². The average Bonchev–Trinajstić information content (AvgIpc) is 3.03. The van der Waals surface area contributed by atoms with Crippen molar-refractivity contribution in [1.82, 2.24) is 15.3 Å². The maximum atomic E-state index is 13.1. The fourth-order valence-corrected chi connectivity index (χ4v) is 2.13. The average molecular weight is 311 g/mol. The summed E-state index contributed by atoms with van der Waals surface area (Å²) in [7, 11) is 0. The number of amides is 1. The number of phenolic OH excluding ortho intramolecular Hbond substituents is 1. The number of aromatic nitrogens is 2. The molecular formula is C17H14FN3O2. The topological polar surface area (TPSA) is 78.0 Å². The lowest BCUT2D eigenvalue weighted by Gasteiger charge is -2.04. The van der Waals surface area contributed by atoms with Gasteiger partial charge in [0.1, 0.15) is 23.1 Å². The molecule has 0 saturated heterocycles. The Morgan fingerprint density at radius 1 is 1.22 bits per heavy atom. The Labute approximate surface area is 131 Å². The van der Waals surface area contributed by atoms with Crippen LogP contribution in [0.4, 0.5) is 4.39 Å². The van der Waals surface area contributed by atoms with Gasteiger partial charge in [-0.1, -0.05) is 12.1 Å². The van der Waals surface area contributed by atoms with Crippen molar-refractivity contribution in [2.75, 3.05) is 0 Å². The molecule has 3 N–H and O–H groups in total. The highest BCUT2D eigenvalue weighted by Gasteiger charge is 2.10. The molecule has 23 heavy (non-hydrogen) atoms. The Bertz CT molecular complexity index is 828. The molecule has 0 bridgehead atoms. The fourth-order valence-electron chi connectivity index (χ4n) is 2.13. The van der Waals surface area contributed by atoms with E-state index in [1.54, 1.807) is 36.4 Å². The van der Waals surface area contributed by atoms with Gasteiger partial charge in [0.25, 0.3) is 5.91 Å². The normalized spacial score (nSPS) is 10.5. The van der Waals surface area contributed by atoms with Crippen LogP contribution in [0, 0.1) is 5.82 Å². The van der Waals surface area contributed by atoms with E-state index in [4.69, 9.17) is 0 Å². The zero-order valence-corrected chi connectivity index (χ0v) is 12.1. The van der Waals surface area contributed by atoms with E-state index < -0.39 is 0 Å². The van der Waals surface area contributed by atoms with Crippen molar-refractivity contribution in [3.05, 3.63) is 71.8 Å². The Hall–Kier alpha value is -3.15. The maximum absolute atomic E-state index is 13.1. The van der Waals surface area contributed by atoms with E-state index >= 15 is 0 Å². The van der Waals surface area contributed by atoms with Crippen molar-refractivity contribution in [1.29, 1.82) is 0 Å². The summed E-state index contributed by atoms with van der Waals surface area (Å²) < 4.78 is 13.1. The van der Waals surface area contributed by atoms with E-state index in [1.165, 1.54) is 18.3 Å². The van der Waals surface area contributed by atoms with E-state index in [-0.39, 0.29) is 24.0 Å². The first-order valence-electron chi connectivity index (χ1n) is 6.99. The van der Waals surface area contributed by atoms with Gasteiger partial charge in [0.2, 0.25) is 0 Å². The molecule has 0 spiro atoms. The van der Waals surface area contributed by atoms with Crippen molar-refractivity contribution >= 4 is 5.91 Å². The molecule has 3 rings (SSSR count). The third-order valence-corrected chi connectivity index (χ3v) is 3.30. The summed E-state index contributed by atoms with van der Waals surface area (Å²) >= 11 is 0. The highest BCUT2D eigenvalue weighted by Crippen LogP contribution is 2.18. The van der Waals surface area contributed by atoms with Crippen LogP contribution < -0.4 is 5.32 Å². The zero-order valence-electron chi connectivity index (χ0n) is 12.1. The van der Waals surface area contributed by atoms with Crippen LogP contribution in [0.3, 0.4) is 0 Å². The summed E-state index contributed by atoms with van der Waals surface area (Å²) in [5.41, 5.74) is 1.74. The molecule has 2 aromatic carbocycles. The van der Waals surface area contributed by atoms with E-state index in [1.807, 2.05) is 0 Å². The summed E-state index contributed by atoms with van der Waals surface area (Å²) in [5.74, 6) is 0.0222. The lowest BCUT2D eigenvalue weighted by Crippen LogP contribution is -2.23. The third-order valence-electron chi connectivity index (χ3n) is 3.30. The van der Waals surface area contributed by atoms with E-state index in [0.717, 1.165) is 5.56 Å². The molecule has 1 amide bonds. The van der Waals surface area contributed by atoms with Gasteiger partial charge in [0, 0.05) is 12.1 Å². The van der Waals surface area contributed by atoms with Crippen LogP contribution in [-0.4, -0.2) is 21.0 Å². The number of aromatic amines is 1. The van der Waals surface area contributed by atoms with Gasteiger partial charge in [-0.25, -0.2) is 9.37 Å². The largest absolute Gasteiger partial charge is 0.508 e. The second kappa shape index (κ2) is 6.31. The molecule has 3 aromatic rings. The first kappa shape index (κ1) is 14.8. The van der Waals surface area contributed by atoms with Gasteiger partial charge < -0.3 is 15.4 Å². The molecule has 0 saturated carbocycles. The minimum absolute atomic E-state index is 0.161. The maximum Gasteiger partial charge on any atom is 0.269 e. The zero-order chi connectivity index (χ0) is 16.2. The van der Waals surface area contributed by atoms with Gasteiger partial charge >= 0.3 is 0 Å². The Morgan fingerprint density at radius 3 is 2.74 bits per heavy atom. The number of H-pyrrole nitrogens is 1. The molecule has 1 aromatic heterocycles. The highest BCUT2D eigenvalue weighted by atomic mass is 19.1. The van der Waals surface area contributed by atoms with Crippen LogP contribution in [-0.2, 0) is 6.54 Å². The summed E-state index contributed by atoms with van der Waals surface area (Å²) in [6.45, 7) is 0.226. The fraction of sp³-hybridized carbons (Fsp3) is 0.0588. The number of benzene rings is 2. The van der Waals surface area contributed by atoms with Crippen LogP contribution in [0.1, 0.15) is 16.1 Å². The van der Waals surface area contributed by atoms with E-state index in [9.17, 15) is 14.3 Å². The van der Waals surface area contributed by atoms with Crippen molar-refractivity contribution in [2.24, 2.45) is 0 Å². The van der Waals surface area contributed by atoms with Crippen LogP contribution in [0.5, 0.6) is 5.75 Å². The Balaban J connectivity index is 1.67. The van der Waals surface area contributed by atoms with E-state index in [2.05, 4.69) is 15.3 Å². The SMILES string of the molecule is O=C(NCc1cccc(F)c1)c1cnc(-c2ccc(O)cc2)[nH]1. The smallest absolute Gasteiger partial charge is 0.269 e. The Kier molecular flexibility index (Phi) is 4.05. The molecule has 0 unspecified atom stereocenters. The summed E-state index contributed by atoms with van der Waals surface area (Å²) in [6, 6.07) is 12.5. The van der Waals surface area contributed by atoms with Crippen LogP contribution >= 0.6 is 0 Å². The third kappa shape index (κ3) is 3.55. The van der Waals surface area contributed by atoms with Crippen molar-refractivity contribution < 1.29 is 14.3 Å². The molecule has 5 nitrogen and oxygen atoms in total. The van der Waals surface area contributed by atoms with Gasteiger partial charge in [-0.15, -0.1) is 0 Å². The molecule has 0 aliphatic carbocycles. The summed E-state index contributed by atoms with van der Waals surface area (Å²) in [6.07, 6.45) is 1.43. The number of phenols is 1. The second-order valence-electron chi connectivity index (χ2n) is 5.00. The number of nitrogens with one attached hydrogen (secondary N) is 2. The number of hydrogen-bond acceptors (Lipinski definition) is 3. The standard InChI is InChI=1S/C17H14FN3O2/c18-13-3-1-2-11(8-13)9-20-17(23)15-10-19-16(21-15)12-4-6-14(22)7-5-12/h1-8,10,22H,9H2,(H,19,21)(H,20,23). The number of carbonyl (C=O) groups excluding carboxylic acids is 1. The lowest BCUT2D eigenvalue weighted by atomic mass is 10.2. The molecule has 0 aliphatic heterocycles. The van der Waals surface area contributed by atoms with Gasteiger partial charge in [0.15, 0.2) is 0 Å². The molecular weight excluding hydrogens is 297 g/mol. The van der Waals surface area contributed by atoms with Crippen molar-refractivity contribution in [2.45, 2.75) is 6.54 Å². The van der Waals surface area contributed by atoms with Crippen LogP contribution in [0.15, 0.2) is 54.7 Å².